The molecule has 8 heteroatoms. The number of rotatable bonds is 2. The third-order valence-electron chi connectivity index (χ3n) is 3.30. The fourth-order valence-electron chi connectivity index (χ4n) is 2.17. The van der Waals surface area contributed by atoms with Gasteiger partial charge in [-0.2, -0.15) is 23.1 Å². The highest BCUT2D eigenvalue weighted by Crippen LogP contribution is 2.30. The monoisotopic (exact) mass is 331 g/mol. The molecule has 3 rings (SSSR count). The molecule has 0 aliphatic heterocycles. The molecule has 0 amide bonds. The van der Waals surface area contributed by atoms with Crippen molar-refractivity contribution < 1.29 is 13.2 Å². The van der Waals surface area contributed by atoms with Gasteiger partial charge in [-0.25, -0.2) is 4.98 Å². The van der Waals surface area contributed by atoms with Crippen molar-refractivity contribution in [3.05, 3.63) is 53.2 Å². The highest BCUT2D eigenvalue weighted by molar-refractivity contribution is 5.88. The van der Waals surface area contributed by atoms with Gasteiger partial charge in [-0.1, -0.05) is 24.3 Å². The summed E-state index contributed by atoms with van der Waals surface area (Å²) in [5, 5.41) is 0.524. The third kappa shape index (κ3) is 3.27. The summed E-state index contributed by atoms with van der Waals surface area (Å²) in [6.07, 6.45) is 0.350. The van der Waals surface area contributed by atoms with Crippen LogP contribution in [0.4, 0.5) is 24.9 Å². The summed E-state index contributed by atoms with van der Waals surface area (Å²) in [5.41, 5.74) is 12.0. The van der Waals surface area contributed by atoms with E-state index in [0.717, 1.165) is 12.1 Å². The summed E-state index contributed by atoms with van der Waals surface area (Å²) in [6.45, 7) is 0. The van der Waals surface area contributed by atoms with Crippen LogP contribution in [0.2, 0.25) is 0 Å². The van der Waals surface area contributed by atoms with Crippen LogP contribution in [0.1, 0.15) is 16.7 Å². The van der Waals surface area contributed by atoms with Gasteiger partial charge in [-0.3, -0.25) is 0 Å². The van der Waals surface area contributed by atoms with Gasteiger partial charge >= 0.3 is 6.18 Å². The Morgan fingerprint density at radius 2 is 1.71 bits per heavy atom. The van der Waals surface area contributed by atoms with Gasteiger partial charge in [0.05, 0.1) is 10.9 Å². The van der Waals surface area contributed by atoms with E-state index in [2.05, 4.69) is 15.0 Å². The number of halogens is 3. The highest BCUT2D eigenvalue weighted by Gasteiger charge is 2.30. The van der Waals surface area contributed by atoms with E-state index in [4.69, 9.17) is 11.5 Å². The molecule has 5 nitrogen and oxygen atoms in total. The van der Waals surface area contributed by atoms with Crippen molar-refractivity contribution in [1.82, 2.24) is 15.0 Å². The van der Waals surface area contributed by atoms with E-state index in [9.17, 15) is 13.2 Å². The summed E-state index contributed by atoms with van der Waals surface area (Å²) < 4.78 is 38.1. The molecule has 0 bridgehead atoms. The zero-order valence-corrected chi connectivity index (χ0v) is 12.2. The summed E-state index contributed by atoms with van der Waals surface area (Å²) in [6, 6.07) is 6.73. The van der Waals surface area contributed by atoms with Crippen molar-refractivity contribution in [2.24, 2.45) is 0 Å². The number of hydrogen-bond acceptors (Lipinski definition) is 5. The second-order valence-electron chi connectivity index (χ2n) is 5.06. The number of fused-ring (bicyclic) bond motifs is 1. The van der Waals surface area contributed by atoms with Gasteiger partial charge in [0.15, 0.2) is 5.65 Å². The van der Waals surface area contributed by atoms with Crippen molar-refractivity contribution >= 4 is 35.0 Å². The van der Waals surface area contributed by atoms with Gasteiger partial charge < -0.3 is 11.5 Å². The van der Waals surface area contributed by atoms with Crippen LogP contribution in [0.15, 0.2) is 36.5 Å². The van der Waals surface area contributed by atoms with E-state index in [0.29, 0.717) is 22.2 Å². The number of aromatic nitrogens is 3. The Balaban J connectivity index is 1.94. The van der Waals surface area contributed by atoms with Crippen LogP contribution in [0.5, 0.6) is 0 Å². The van der Waals surface area contributed by atoms with Gasteiger partial charge in [0.25, 0.3) is 0 Å². The predicted octanol–water partition coefficient (Wildman–Crippen LogP) is 3.38. The Bertz CT molecular complexity index is 935. The molecule has 3 aromatic rings. The average Bonchev–Trinajstić information content (AvgIpc) is 2.52. The fraction of sp³-hybridized carbons (Fsp3) is 0.0625. The zero-order valence-electron chi connectivity index (χ0n) is 12.2. The largest absolute Gasteiger partial charge is 0.416 e. The minimum absolute atomic E-state index is 0.0276. The van der Waals surface area contributed by atoms with Crippen LogP contribution < -0.4 is 11.5 Å². The lowest BCUT2D eigenvalue weighted by Crippen LogP contribution is -2.04. The second-order valence-corrected chi connectivity index (χ2v) is 5.06. The van der Waals surface area contributed by atoms with E-state index < -0.39 is 11.7 Å². The number of nitrogen functional groups attached to an aromatic ring is 2. The molecule has 24 heavy (non-hydrogen) atoms. The summed E-state index contributed by atoms with van der Waals surface area (Å²) >= 11 is 0. The standard InChI is InChI=1S/C16H12F3N5/c17-16(18,19)11-3-1-2-9(6-11)4-5-10-7-12-13(20)23-15(21)24-14(12)22-8-10/h1-8H,(H4,20,21,22,23,24). The lowest BCUT2D eigenvalue weighted by Gasteiger charge is -2.06. The lowest BCUT2D eigenvalue weighted by atomic mass is 10.1. The predicted molar refractivity (Wildman–Crippen MR) is 86.5 cm³/mol. The van der Waals surface area contributed by atoms with Crippen molar-refractivity contribution in [2.75, 3.05) is 11.5 Å². The van der Waals surface area contributed by atoms with Gasteiger partial charge in [-0.15, -0.1) is 0 Å². The lowest BCUT2D eigenvalue weighted by molar-refractivity contribution is -0.137. The van der Waals surface area contributed by atoms with Crippen molar-refractivity contribution in [2.45, 2.75) is 6.18 Å². The molecule has 0 saturated carbocycles. The Morgan fingerprint density at radius 3 is 2.46 bits per heavy atom. The van der Waals surface area contributed by atoms with E-state index in [1.807, 2.05) is 0 Å². The van der Waals surface area contributed by atoms with E-state index in [-0.39, 0.29) is 11.8 Å². The summed E-state index contributed by atoms with van der Waals surface area (Å²) in [7, 11) is 0. The normalized spacial score (nSPS) is 12.1. The quantitative estimate of drug-likeness (QED) is 0.751. The average molecular weight is 331 g/mol. The van der Waals surface area contributed by atoms with E-state index in [1.54, 1.807) is 24.3 Å². The van der Waals surface area contributed by atoms with Crippen molar-refractivity contribution in [3.63, 3.8) is 0 Å². The molecule has 0 aliphatic carbocycles. The first kappa shape index (κ1) is 15.7. The van der Waals surface area contributed by atoms with Gasteiger partial charge in [-0.05, 0) is 29.3 Å². The smallest absolute Gasteiger partial charge is 0.383 e. The molecule has 0 saturated heterocycles. The number of benzene rings is 1. The Hall–Kier alpha value is -3.16. The Morgan fingerprint density at radius 1 is 0.958 bits per heavy atom. The molecular weight excluding hydrogens is 319 g/mol. The minimum Gasteiger partial charge on any atom is -0.383 e. The second kappa shape index (κ2) is 5.80. The molecule has 1 aromatic carbocycles. The summed E-state index contributed by atoms with van der Waals surface area (Å²) in [4.78, 5) is 11.9. The fourth-order valence-corrected chi connectivity index (χ4v) is 2.17. The molecule has 0 fully saturated rings. The summed E-state index contributed by atoms with van der Waals surface area (Å²) in [5.74, 6) is 0.221. The van der Waals surface area contributed by atoms with Crippen LogP contribution in [0, 0.1) is 0 Å². The third-order valence-corrected chi connectivity index (χ3v) is 3.30. The Labute approximate surface area is 134 Å². The van der Waals surface area contributed by atoms with Gasteiger partial charge in [0, 0.05) is 6.20 Å². The van der Waals surface area contributed by atoms with Crippen molar-refractivity contribution in [3.8, 4) is 0 Å². The topological polar surface area (TPSA) is 90.7 Å². The first-order valence-corrected chi connectivity index (χ1v) is 6.87. The molecule has 0 aliphatic rings. The van der Waals surface area contributed by atoms with Crippen LogP contribution >= 0.6 is 0 Å². The maximum Gasteiger partial charge on any atom is 0.416 e. The van der Waals surface area contributed by atoms with E-state index >= 15 is 0 Å². The van der Waals surface area contributed by atoms with Crippen LogP contribution in [-0.4, -0.2) is 15.0 Å². The SMILES string of the molecule is Nc1nc(N)c2cc(C=Cc3cccc(C(F)(F)F)c3)cnc2n1. The molecule has 0 unspecified atom stereocenters. The number of alkyl halides is 3. The number of nitrogens with two attached hydrogens (primary N) is 2. The van der Waals surface area contributed by atoms with Gasteiger partial charge in [0.2, 0.25) is 5.95 Å². The minimum atomic E-state index is -4.37. The number of hydrogen-bond donors (Lipinski definition) is 2. The molecule has 0 spiro atoms. The van der Waals surface area contributed by atoms with Gasteiger partial charge in [0.1, 0.15) is 5.82 Å². The number of nitrogens with zero attached hydrogens (tertiary/aromatic N) is 3. The molecule has 2 heterocycles. The molecule has 4 N–H and O–H groups in total. The molecule has 0 atom stereocenters. The van der Waals surface area contributed by atoms with E-state index in [1.165, 1.54) is 12.3 Å². The Kier molecular flexibility index (Phi) is 3.80. The molecular formula is C16H12F3N5. The van der Waals surface area contributed by atoms with Crippen LogP contribution in [-0.2, 0) is 6.18 Å². The van der Waals surface area contributed by atoms with Crippen molar-refractivity contribution in [1.29, 1.82) is 0 Å². The van der Waals surface area contributed by atoms with Crippen LogP contribution in [0.3, 0.4) is 0 Å². The zero-order chi connectivity index (χ0) is 17.3. The number of anilines is 2. The van der Waals surface area contributed by atoms with Crippen LogP contribution in [0.25, 0.3) is 23.2 Å². The maximum atomic E-state index is 12.7. The molecule has 0 radical (unpaired) electrons. The number of pyridine rings is 1. The first-order valence-electron chi connectivity index (χ1n) is 6.87. The highest BCUT2D eigenvalue weighted by atomic mass is 19.4. The molecule has 2 aromatic heterocycles. The maximum absolute atomic E-state index is 12.7. The molecule has 122 valence electrons. The first-order chi connectivity index (χ1) is 11.3.